The highest BCUT2D eigenvalue weighted by atomic mass is 16.5. The number of benzene rings is 2. The molecule has 1 N–H and O–H groups in total. The summed E-state index contributed by atoms with van der Waals surface area (Å²) >= 11 is 0. The Morgan fingerprint density at radius 2 is 1.92 bits per heavy atom. The van der Waals surface area contributed by atoms with Crippen molar-refractivity contribution in [1.82, 2.24) is 9.78 Å². The van der Waals surface area contributed by atoms with Crippen molar-refractivity contribution in [3.8, 4) is 5.75 Å². The largest absolute Gasteiger partial charge is 0.496 e. The molecule has 0 unspecified atom stereocenters. The molecule has 1 aromatic heterocycles. The van der Waals surface area contributed by atoms with Crippen molar-refractivity contribution in [2.24, 2.45) is 0 Å². The average molecular weight is 324 g/mol. The highest BCUT2D eigenvalue weighted by Crippen LogP contribution is 2.21. The first-order valence-corrected chi connectivity index (χ1v) is 7.38. The molecular weight excluding hydrogens is 308 g/mol. The molecule has 0 fully saturated rings. The minimum atomic E-state index is -1.17. The highest BCUT2D eigenvalue weighted by Gasteiger charge is 2.16. The van der Waals surface area contributed by atoms with Gasteiger partial charge in [-0.25, -0.2) is 9.48 Å². The van der Waals surface area contributed by atoms with Gasteiger partial charge in [0.1, 0.15) is 5.75 Å². The molecule has 1 heterocycles. The summed E-state index contributed by atoms with van der Waals surface area (Å²) in [5.41, 5.74) is 1.30. The van der Waals surface area contributed by atoms with Crippen LogP contribution >= 0.6 is 0 Å². The van der Waals surface area contributed by atoms with Gasteiger partial charge in [0.2, 0.25) is 0 Å². The summed E-state index contributed by atoms with van der Waals surface area (Å²) in [6, 6.07) is 12.2. The van der Waals surface area contributed by atoms with E-state index >= 15 is 0 Å². The van der Waals surface area contributed by atoms with Crippen LogP contribution in [0.5, 0.6) is 5.75 Å². The number of carboxylic acid groups (broad SMARTS) is 1. The molecule has 6 nitrogen and oxygen atoms in total. The Morgan fingerprint density at radius 1 is 1.21 bits per heavy atom. The van der Waals surface area contributed by atoms with E-state index in [2.05, 4.69) is 5.10 Å². The summed E-state index contributed by atoms with van der Waals surface area (Å²) in [7, 11) is 1.55. The van der Waals surface area contributed by atoms with Crippen LogP contribution in [0.15, 0.2) is 47.3 Å². The van der Waals surface area contributed by atoms with E-state index in [0.717, 1.165) is 11.1 Å². The van der Waals surface area contributed by atoms with E-state index < -0.39 is 5.97 Å². The number of aryl methyl sites for hydroxylation is 1. The van der Waals surface area contributed by atoms with E-state index in [4.69, 9.17) is 4.74 Å². The van der Waals surface area contributed by atoms with Crippen molar-refractivity contribution in [2.45, 2.75) is 13.5 Å². The summed E-state index contributed by atoms with van der Waals surface area (Å²) in [4.78, 5) is 24.2. The second kappa shape index (κ2) is 6.16. The molecule has 0 bridgehead atoms. The van der Waals surface area contributed by atoms with Gasteiger partial charge in [-0.2, -0.15) is 5.10 Å². The number of hydrogen-bond acceptors (Lipinski definition) is 4. The molecule has 0 saturated heterocycles. The Morgan fingerprint density at radius 3 is 2.58 bits per heavy atom. The summed E-state index contributed by atoms with van der Waals surface area (Å²) in [5, 5.41) is 14.1. The number of aromatic carboxylic acids is 1. The fraction of sp³-hybridized carbons (Fsp3) is 0.167. The third-order valence-electron chi connectivity index (χ3n) is 3.83. The normalized spacial score (nSPS) is 10.8. The minimum absolute atomic E-state index is 0.134. The number of aromatic nitrogens is 2. The molecule has 0 aliphatic rings. The van der Waals surface area contributed by atoms with Crippen molar-refractivity contribution < 1.29 is 14.6 Å². The Kier molecular flexibility index (Phi) is 4.04. The van der Waals surface area contributed by atoms with E-state index in [-0.39, 0.29) is 17.8 Å². The fourth-order valence-electron chi connectivity index (χ4n) is 2.69. The van der Waals surface area contributed by atoms with Gasteiger partial charge in [-0.1, -0.05) is 35.9 Å². The van der Waals surface area contributed by atoms with E-state index in [1.54, 1.807) is 31.4 Å². The molecule has 0 spiro atoms. The Hall–Kier alpha value is -3.15. The SMILES string of the molecule is COc1ccc(C)cc1Cn1nc(C(=O)O)c2ccccc2c1=O. The van der Waals surface area contributed by atoms with Crippen molar-refractivity contribution in [3.05, 3.63) is 69.6 Å². The Balaban J connectivity index is 2.21. The lowest BCUT2D eigenvalue weighted by molar-refractivity contribution is 0.0690. The summed E-state index contributed by atoms with van der Waals surface area (Å²) in [6.45, 7) is 2.07. The molecule has 122 valence electrons. The number of carboxylic acids is 1. The maximum Gasteiger partial charge on any atom is 0.357 e. The monoisotopic (exact) mass is 324 g/mol. The van der Waals surface area contributed by atoms with Crippen LogP contribution in [0.25, 0.3) is 10.8 Å². The van der Waals surface area contributed by atoms with E-state index in [9.17, 15) is 14.7 Å². The number of ether oxygens (including phenoxy) is 1. The van der Waals surface area contributed by atoms with Crippen molar-refractivity contribution in [3.63, 3.8) is 0 Å². The zero-order valence-electron chi connectivity index (χ0n) is 13.3. The number of carbonyl (C=O) groups is 1. The predicted molar refractivity (Wildman–Crippen MR) is 89.8 cm³/mol. The number of fused-ring (bicyclic) bond motifs is 1. The molecule has 6 heteroatoms. The smallest absolute Gasteiger partial charge is 0.357 e. The van der Waals surface area contributed by atoms with Crippen LogP contribution < -0.4 is 10.3 Å². The first-order valence-electron chi connectivity index (χ1n) is 7.38. The molecular formula is C18H16N2O4. The topological polar surface area (TPSA) is 81.4 Å². The summed E-state index contributed by atoms with van der Waals surface area (Å²) in [6.07, 6.45) is 0. The number of nitrogens with zero attached hydrogens (tertiary/aromatic N) is 2. The van der Waals surface area contributed by atoms with E-state index in [1.165, 1.54) is 4.68 Å². The van der Waals surface area contributed by atoms with Gasteiger partial charge in [-0.05, 0) is 19.1 Å². The minimum Gasteiger partial charge on any atom is -0.496 e. The van der Waals surface area contributed by atoms with Gasteiger partial charge in [0.25, 0.3) is 5.56 Å². The molecule has 24 heavy (non-hydrogen) atoms. The highest BCUT2D eigenvalue weighted by molar-refractivity contribution is 6.01. The predicted octanol–water partition coefficient (Wildman–Crippen LogP) is 2.46. The van der Waals surface area contributed by atoms with Crippen LogP contribution in [0, 0.1) is 6.92 Å². The lowest BCUT2D eigenvalue weighted by Crippen LogP contribution is -2.26. The zero-order chi connectivity index (χ0) is 17.3. The first kappa shape index (κ1) is 15.7. The van der Waals surface area contributed by atoms with Crippen LogP contribution in [-0.4, -0.2) is 28.0 Å². The lowest BCUT2D eigenvalue weighted by Gasteiger charge is -2.12. The third kappa shape index (κ3) is 2.74. The van der Waals surface area contributed by atoms with Crippen molar-refractivity contribution in [2.75, 3.05) is 7.11 Å². The zero-order valence-corrected chi connectivity index (χ0v) is 13.3. The number of rotatable bonds is 4. The maximum absolute atomic E-state index is 12.7. The van der Waals surface area contributed by atoms with Crippen LogP contribution in [0.3, 0.4) is 0 Å². The number of methoxy groups -OCH3 is 1. The van der Waals surface area contributed by atoms with Crippen LogP contribution in [0.4, 0.5) is 0 Å². The molecule has 3 rings (SSSR count). The van der Waals surface area contributed by atoms with Gasteiger partial charge in [0.05, 0.1) is 19.0 Å². The van der Waals surface area contributed by atoms with Crippen molar-refractivity contribution in [1.29, 1.82) is 0 Å². The van der Waals surface area contributed by atoms with Crippen LogP contribution in [-0.2, 0) is 6.54 Å². The molecule has 0 atom stereocenters. The average Bonchev–Trinajstić information content (AvgIpc) is 2.57. The standard InChI is InChI=1S/C18H16N2O4/c1-11-7-8-15(24-2)12(9-11)10-20-17(21)14-6-4-3-5-13(14)16(19-20)18(22)23/h3-9H,10H2,1-2H3,(H,22,23). The van der Waals surface area contributed by atoms with Crippen LogP contribution in [0.2, 0.25) is 0 Å². The third-order valence-corrected chi connectivity index (χ3v) is 3.83. The van der Waals surface area contributed by atoms with Crippen molar-refractivity contribution >= 4 is 16.7 Å². The van der Waals surface area contributed by atoms with Gasteiger partial charge in [-0.15, -0.1) is 0 Å². The molecule has 0 saturated carbocycles. The lowest BCUT2D eigenvalue weighted by atomic mass is 10.1. The van der Waals surface area contributed by atoms with Gasteiger partial charge < -0.3 is 9.84 Å². The molecule has 0 aliphatic carbocycles. The quantitative estimate of drug-likeness (QED) is 0.797. The van der Waals surface area contributed by atoms with E-state index in [1.807, 2.05) is 25.1 Å². The molecule has 3 aromatic rings. The Labute approximate surface area is 137 Å². The van der Waals surface area contributed by atoms with Gasteiger partial charge in [0, 0.05) is 10.9 Å². The maximum atomic E-state index is 12.7. The van der Waals surface area contributed by atoms with Gasteiger partial charge >= 0.3 is 5.97 Å². The number of hydrogen-bond donors (Lipinski definition) is 1. The van der Waals surface area contributed by atoms with Gasteiger partial charge in [-0.3, -0.25) is 4.79 Å². The molecule has 0 aliphatic heterocycles. The molecule has 0 radical (unpaired) electrons. The van der Waals surface area contributed by atoms with Crippen LogP contribution in [0.1, 0.15) is 21.6 Å². The fourth-order valence-corrected chi connectivity index (χ4v) is 2.69. The van der Waals surface area contributed by atoms with E-state index in [0.29, 0.717) is 16.5 Å². The summed E-state index contributed by atoms with van der Waals surface area (Å²) < 4.78 is 6.49. The molecule has 2 aromatic carbocycles. The molecule has 0 amide bonds. The second-order valence-corrected chi connectivity index (χ2v) is 5.48. The first-order chi connectivity index (χ1) is 11.5. The second-order valence-electron chi connectivity index (χ2n) is 5.48. The summed E-state index contributed by atoms with van der Waals surface area (Å²) in [5.74, 6) is -0.546. The van der Waals surface area contributed by atoms with Gasteiger partial charge in [0.15, 0.2) is 5.69 Å². The Bertz CT molecular complexity index is 992.